The minimum Gasteiger partial charge on any atom is -0.331 e. The molecule has 0 radical (unpaired) electrons. The van der Waals surface area contributed by atoms with Crippen LogP contribution in [-0.4, -0.2) is 15.3 Å². The van der Waals surface area contributed by atoms with Gasteiger partial charge in [0.25, 0.3) is 0 Å². The third kappa shape index (κ3) is 2.25. The van der Waals surface area contributed by atoms with Crippen LogP contribution in [0.3, 0.4) is 0 Å². The van der Waals surface area contributed by atoms with Gasteiger partial charge in [-0.15, -0.1) is 0 Å². The normalized spacial score (nSPS) is 10.8. The van der Waals surface area contributed by atoms with E-state index in [0.29, 0.717) is 5.82 Å². The minimum atomic E-state index is -0.0867. The van der Waals surface area contributed by atoms with Gasteiger partial charge in [0.05, 0.1) is 0 Å². The molecule has 0 N–H and O–H groups in total. The number of hydrogen-bond donors (Lipinski definition) is 0. The van der Waals surface area contributed by atoms with Crippen molar-refractivity contribution in [1.82, 2.24) is 9.55 Å². The summed E-state index contributed by atoms with van der Waals surface area (Å²) in [7, 11) is 1.80. The first-order valence-electron chi connectivity index (χ1n) is 5.02. The van der Waals surface area contributed by atoms with Crippen molar-refractivity contribution in [3.05, 3.63) is 60.2 Å². The quantitative estimate of drug-likeness (QED) is 0.578. The number of ketones is 1. The van der Waals surface area contributed by atoms with E-state index in [2.05, 4.69) is 4.98 Å². The molecule has 16 heavy (non-hydrogen) atoms. The number of carbonyl (C=O) groups is 1. The molecule has 2 rings (SSSR count). The predicted molar refractivity (Wildman–Crippen MR) is 63.0 cm³/mol. The summed E-state index contributed by atoms with van der Waals surface area (Å²) in [6.45, 7) is 0. The van der Waals surface area contributed by atoms with Gasteiger partial charge in [-0.1, -0.05) is 36.4 Å². The fraction of sp³-hybridized carbons (Fsp3) is 0.0769. The second-order valence-corrected chi connectivity index (χ2v) is 3.47. The molecule has 80 valence electrons. The van der Waals surface area contributed by atoms with Crippen molar-refractivity contribution in [2.45, 2.75) is 0 Å². The van der Waals surface area contributed by atoms with Gasteiger partial charge in [-0.2, -0.15) is 0 Å². The highest BCUT2D eigenvalue weighted by molar-refractivity contribution is 6.04. The number of imidazole rings is 1. The molecule has 0 saturated carbocycles. The van der Waals surface area contributed by atoms with Crippen LogP contribution in [0.15, 0.2) is 48.8 Å². The van der Waals surface area contributed by atoms with Gasteiger partial charge in [-0.3, -0.25) is 4.79 Å². The molecular weight excluding hydrogens is 200 g/mol. The summed E-state index contributed by atoms with van der Waals surface area (Å²) in [6.07, 6.45) is 6.70. The number of rotatable bonds is 3. The molecule has 0 fully saturated rings. The summed E-state index contributed by atoms with van der Waals surface area (Å²) in [5.74, 6) is 0.364. The van der Waals surface area contributed by atoms with Gasteiger partial charge < -0.3 is 4.57 Å². The van der Waals surface area contributed by atoms with Gasteiger partial charge in [-0.05, 0) is 11.6 Å². The Balaban J connectivity index is 2.15. The number of carbonyl (C=O) groups excluding carboxylic acids is 1. The highest BCUT2D eigenvalue weighted by Gasteiger charge is 2.06. The van der Waals surface area contributed by atoms with Crippen molar-refractivity contribution in [1.29, 1.82) is 0 Å². The van der Waals surface area contributed by atoms with Gasteiger partial charge in [0.15, 0.2) is 5.82 Å². The average Bonchev–Trinajstić information content (AvgIpc) is 2.74. The molecule has 3 nitrogen and oxygen atoms in total. The zero-order valence-electron chi connectivity index (χ0n) is 9.00. The van der Waals surface area contributed by atoms with Gasteiger partial charge in [0.1, 0.15) is 0 Å². The average molecular weight is 212 g/mol. The lowest BCUT2D eigenvalue weighted by Gasteiger charge is -1.95. The zero-order chi connectivity index (χ0) is 11.4. The first kappa shape index (κ1) is 10.4. The molecule has 1 aromatic heterocycles. The van der Waals surface area contributed by atoms with Crippen LogP contribution in [0.25, 0.3) is 6.08 Å². The fourth-order valence-electron chi connectivity index (χ4n) is 1.41. The molecule has 0 spiro atoms. The SMILES string of the molecule is Cn1ccnc1C(=O)/C=C/c1ccccc1. The first-order valence-corrected chi connectivity index (χ1v) is 5.02. The van der Waals surface area contributed by atoms with Crippen molar-refractivity contribution < 1.29 is 4.79 Å². The van der Waals surface area contributed by atoms with Crippen molar-refractivity contribution in [2.75, 3.05) is 0 Å². The van der Waals surface area contributed by atoms with E-state index in [-0.39, 0.29) is 5.78 Å². The molecule has 0 atom stereocenters. The van der Waals surface area contributed by atoms with Crippen molar-refractivity contribution in [2.24, 2.45) is 7.05 Å². The van der Waals surface area contributed by atoms with Crippen molar-refractivity contribution in [3.8, 4) is 0 Å². The van der Waals surface area contributed by atoms with E-state index >= 15 is 0 Å². The van der Waals surface area contributed by atoms with E-state index < -0.39 is 0 Å². The Morgan fingerprint density at radius 1 is 1.31 bits per heavy atom. The summed E-state index contributed by atoms with van der Waals surface area (Å²) >= 11 is 0. The van der Waals surface area contributed by atoms with E-state index in [1.165, 1.54) is 6.08 Å². The van der Waals surface area contributed by atoms with E-state index in [0.717, 1.165) is 5.56 Å². The van der Waals surface area contributed by atoms with Crippen LogP contribution in [0.5, 0.6) is 0 Å². The Kier molecular flexibility index (Phi) is 2.96. The molecule has 0 unspecified atom stereocenters. The fourth-order valence-corrected chi connectivity index (χ4v) is 1.41. The summed E-state index contributed by atoms with van der Waals surface area (Å²) < 4.78 is 1.71. The smallest absolute Gasteiger partial charge is 0.221 e. The molecule has 0 amide bonds. The van der Waals surface area contributed by atoms with Crippen LogP contribution in [0, 0.1) is 0 Å². The maximum Gasteiger partial charge on any atom is 0.221 e. The minimum absolute atomic E-state index is 0.0867. The van der Waals surface area contributed by atoms with Gasteiger partial charge in [0, 0.05) is 19.4 Å². The van der Waals surface area contributed by atoms with Crippen LogP contribution in [0.2, 0.25) is 0 Å². The summed E-state index contributed by atoms with van der Waals surface area (Å²) in [6, 6.07) is 9.71. The van der Waals surface area contributed by atoms with Gasteiger partial charge in [-0.25, -0.2) is 4.98 Å². The third-order valence-electron chi connectivity index (χ3n) is 2.27. The van der Waals surface area contributed by atoms with Crippen LogP contribution in [-0.2, 0) is 7.05 Å². The second-order valence-electron chi connectivity index (χ2n) is 3.47. The first-order chi connectivity index (χ1) is 7.77. The molecule has 0 saturated heterocycles. The molecule has 2 aromatic rings. The number of nitrogens with zero attached hydrogens (tertiary/aromatic N) is 2. The molecule has 3 heteroatoms. The highest BCUT2D eigenvalue weighted by Crippen LogP contribution is 2.03. The summed E-state index contributed by atoms with van der Waals surface area (Å²) in [4.78, 5) is 15.7. The monoisotopic (exact) mass is 212 g/mol. The lowest BCUT2D eigenvalue weighted by Crippen LogP contribution is -2.03. The molecule has 0 aliphatic heterocycles. The summed E-state index contributed by atoms with van der Waals surface area (Å²) in [5.41, 5.74) is 1.00. The Labute approximate surface area is 94.1 Å². The van der Waals surface area contributed by atoms with Crippen LogP contribution in [0.4, 0.5) is 0 Å². The standard InChI is InChI=1S/C13H12N2O/c1-15-10-9-14-13(15)12(16)8-7-11-5-3-2-4-6-11/h2-10H,1H3/b8-7+. The van der Waals surface area contributed by atoms with Crippen LogP contribution in [0.1, 0.15) is 16.2 Å². The largest absolute Gasteiger partial charge is 0.331 e. The second kappa shape index (κ2) is 4.57. The van der Waals surface area contributed by atoms with E-state index in [1.54, 1.807) is 30.1 Å². The maximum atomic E-state index is 11.7. The van der Waals surface area contributed by atoms with Crippen molar-refractivity contribution in [3.63, 3.8) is 0 Å². The third-order valence-corrected chi connectivity index (χ3v) is 2.27. The number of aromatic nitrogens is 2. The predicted octanol–water partition coefficient (Wildman–Crippen LogP) is 2.32. The molecule has 1 aromatic carbocycles. The zero-order valence-corrected chi connectivity index (χ0v) is 9.00. The number of benzene rings is 1. The van der Waals surface area contributed by atoms with Gasteiger partial charge in [0.2, 0.25) is 5.78 Å². The lowest BCUT2D eigenvalue weighted by atomic mass is 10.2. The lowest BCUT2D eigenvalue weighted by molar-refractivity contribution is 0.103. The highest BCUT2D eigenvalue weighted by atomic mass is 16.1. The molecule has 1 heterocycles. The topological polar surface area (TPSA) is 34.9 Å². The maximum absolute atomic E-state index is 11.7. The number of hydrogen-bond acceptors (Lipinski definition) is 2. The summed E-state index contributed by atoms with van der Waals surface area (Å²) in [5, 5.41) is 0. The Hall–Kier alpha value is -2.16. The molecule has 0 bridgehead atoms. The van der Waals surface area contributed by atoms with E-state index in [1.807, 2.05) is 30.3 Å². The molecular formula is C13H12N2O. The Bertz CT molecular complexity index is 512. The molecule has 0 aliphatic rings. The Morgan fingerprint density at radius 2 is 2.06 bits per heavy atom. The van der Waals surface area contributed by atoms with Crippen LogP contribution >= 0.6 is 0 Å². The van der Waals surface area contributed by atoms with E-state index in [9.17, 15) is 4.79 Å². The molecule has 0 aliphatic carbocycles. The van der Waals surface area contributed by atoms with Crippen molar-refractivity contribution >= 4 is 11.9 Å². The van der Waals surface area contributed by atoms with Crippen LogP contribution < -0.4 is 0 Å². The number of allylic oxidation sites excluding steroid dienone is 1. The Morgan fingerprint density at radius 3 is 2.69 bits per heavy atom. The van der Waals surface area contributed by atoms with E-state index in [4.69, 9.17) is 0 Å². The number of aryl methyl sites for hydroxylation is 1. The van der Waals surface area contributed by atoms with Gasteiger partial charge >= 0.3 is 0 Å².